The largest absolute Gasteiger partial charge is 0.478 e. The molecule has 0 saturated carbocycles. The van der Waals surface area contributed by atoms with Crippen molar-refractivity contribution < 1.29 is 14.7 Å². The molecule has 19 heavy (non-hydrogen) atoms. The van der Waals surface area contributed by atoms with Crippen molar-refractivity contribution in [3.8, 4) is 0 Å². The van der Waals surface area contributed by atoms with Crippen LogP contribution in [0.25, 0.3) is 6.08 Å². The zero-order chi connectivity index (χ0) is 13.7. The molecule has 0 spiro atoms. The normalized spacial score (nSPS) is 10.5. The maximum absolute atomic E-state index is 11.7. The van der Waals surface area contributed by atoms with Gasteiger partial charge in [0.25, 0.3) is 5.91 Å². The summed E-state index contributed by atoms with van der Waals surface area (Å²) in [6, 6.07) is 6.78. The van der Waals surface area contributed by atoms with E-state index in [9.17, 15) is 9.59 Å². The van der Waals surface area contributed by atoms with E-state index >= 15 is 0 Å². The molecule has 0 fully saturated rings. The molecule has 96 valence electrons. The second kappa shape index (κ2) is 5.58. The van der Waals surface area contributed by atoms with Gasteiger partial charge in [-0.2, -0.15) is 15.4 Å². The Morgan fingerprint density at radius 3 is 2.89 bits per heavy atom. The smallest absolute Gasteiger partial charge is 0.328 e. The summed E-state index contributed by atoms with van der Waals surface area (Å²) in [5.41, 5.74) is 1.38. The predicted octanol–water partition coefficient (Wildman–Crippen LogP) is 1.15. The maximum Gasteiger partial charge on any atom is 0.328 e. The van der Waals surface area contributed by atoms with Crippen LogP contribution in [-0.4, -0.2) is 32.4 Å². The van der Waals surface area contributed by atoms with Crippen molar-refractivity contribution in [2.45, 2.75) is 0 Å². The second-order valence-electron chi connectivity index (χ2n) is 3.61. The van der Waals surface area contributed by atoms with E-state index in [4.69, 9.17) is 5.11 Å². The summed E-state index contributed by atoms with van der Waals surface area (Å²) in [6.45, 7) is 0. The summed E-state index contributed by atoms with van der Waals surface area (Å²) in [7, 11) is 0. The summed E-state index contributed by atoms with van der Waals surface area (Å²) in [5, 5.41) is 20.7. The molecule has 1 aromatic carbocycles. The Labute approximate surface area is 108 Å². The Hall–Kier alpha value is -2.96. The molecule has 0 unspecified atom stereocenters. The lowest BCUT2D eigenvalue weighted by atomic mass is 10.2. The molecular formula is C12H10N4O3. The highest BCUT2D eigenvalue weighted by atomic mass is 16.4. The minimum Gasteiger partial charge on any atom is -0.478 e. The van der Waals surface area contributed by atoms with Gasteiger partial charge in [-0.15, -0.1) is 0 Å². The van der Waals surface area contributed by atoms with Crippen molar-refractivity contribution in [2.75, 3.05) is 5.32 Å². The predicted molar refractivity (Wildman–Crippen MR) is 67.4 cm³/mol. The number of H-pyrrole nitrogens is 1. The first-order valence-electron chi connectivity index (χ1n) is 5.33. The third-order valence-corrected chi connectivity index (χ3v) is 2.21. The zero-order valence-corrected chi connectivity index (χ0v) is 9.70. The quantitative estimate of drug-likeness (QED) is 0.713. The lowest BCUT2D eigenvalue weighted by molar-refractivity contribution is -0.131. The highest BCUT2D eigenvalue weighted by molar-refractivity contribution is 6.02. The Kier molecular flexibility index (Phi) is 3.67. The third kappa shape index (κ3) is 3.50. The molecule has 0 atom stereocenters. The van der Waals surface area contributed by atoms with E-state index in [0.717, 1.165) is 6.08 Å². The summed E-state index contributed by atoms with van der Waals surface area (Å²) in [5.74, 6) is -1.43. The minimum absolute atomic E-state index is 0.173. The topological polar surface area (TPSA) is 108 Å². The number of nitrogens with zero attached hydrogens (tertiary/aromatic N) is 2. The first kappa shape index (κ1) is 12.5. The molecule has 0 aliphatic carbocycles. The van der Waals surface area contributed by atoms with Gasteiger partial charge in [-0.3, -0.25) is 4.79 Å². The van der Waals surface area contributed by atoms with E-state index < -0.39 is 11.9 Å². The number of carboxylic acid groups (broad SMARTS) is 1. The first-order valence-corrected chi connectivity index (χ1v) is 5.33. The molecular weight excluding hydrogens is 248 g/mol. The number of hydrogen-bond acceptors (Lipinski definition) is 4. The van der Waals surface area contributed by atoms with Gasteiger partial charge in [-0.1, -0.05) is 12.1 Å². The number of anilines is 1. The van der Waals surface area contributed by atoms with Crippen molar-refractivity contribution in [3.63, 3.8) is 0 Å². The SMILES string of the molecule is O=C(O)/C=C/c1cccc(NC(=O)c2cn[nH]n2)c1. The first-order chi connectivity index (χ1) is 9.15. The summed E-state index contributed by atoms with van der Waals surface area (Å²) in [4.78, 5) is 22.1. The number of benzene rings is 1. The summed E-state index contributed by atoms with van der Waals surface area (Å²) >= 11 is 0. The average Bonchev–Trinajstić information content (AvgIpc) is 2.91. The van der Waals surface area contributed by atoms with Crippen molar-refractivity contribution in [3.05, 3.63) is 47.8 Å². The van der Waals surface area contributed by atoms with E-state index in [0.29, 0.717) is 11.3 Å². The Morgan fingerprint density at radius 1 is 1.37 bits per heavy atom. The van der Waals surface area contributed by atoms with Crippen molar-refractivity contribution in [1.82, 2.24) is 15.4 Å². The van der Waals surface area contributed by atoms with Crippen LogP contribution < -0.4 is 5.32 Å². The van der Waals surface area contributed by atoms with Gasteiger partial charge in [0.1, 0.15) is 0 Å². The summed E-state index contributed by atoms with van der Waals surface area (Å²) in [6.07, 6.45) is 3.77. The van der Waals surface area contributed by atoms with Crippen LogP contribution in [0.15, 0.2) is 36.5 Å². The number of carbonyl (C=O) groups excluding carboxylic acids is 1. The van der Waals surface area contributed by atoms with Crippen molar-refractivity contribution in [2.24, 2.45) is 0 Å². The highest BCUT2D eigenvalue weighted by Crippen LogP contribution is 2.12. The number of carbonyl (C=O) groups is 2. The van der Waals surface area contributed by atoms with Crippen LogP contribution in [0.2, 0.25) is 0 Å². The molecule has 0 aliphatic rings. The van der Waals surface area contributed by atoms with Crippen molar-refractivity contribution >= 4 is 23.6 Å². The Morgan fingerprint density at radius 2 is 2.21 bits per heavy atom. The maximum atomic E-state index is 11.7. The second-order valence-corrected chi connectivity index (χ2v) is 3.61. The zero-order valence-electron chi connectivity index (χ0n) is 9.70. The van der Waals surface area contributed by atoms with Crippen LogP contribution in [0.5, 0.6) is 0 Å². The van der Waals surface area contributed by atoms with Crippen LogP contribution >= 0.6 is 0 Å². The molecule has 1 aromatic heterocycles. The van der Waals surface area contributed by atoms with E-state index in [1.807, 2.05) is 0 Å². The number of amides is 1. The van der Waals surface area contributed by atoms with Gasteiger partial charge in [0.15, 0.2) is 5.69 Å². The van der Waals surface area contributed by atoms with Crippen LogP contribution in [0.4, 0.5) is 5.69 Å². The fourth-order valence-corrected chi connectivity index (χ4v) is 1.39. The van der Waals surface area contributed by atoms with Crippen LogP contribution in [-0.2, 0) is 4.79 Å². The van der Waals surface area contributed by atoms with Crippen LogP contribution in [0, 0.1) is 0 Å². The number of hydrogen-bond donors (Lipinski definition) is 3. The standard InChI is InChI=1S/C12H10N4O3/c17-11(18)5-4-8-2-1-3-9(6-8)14-12(19)10-7-13-16-15-10/h1-7H,(H,14,19)(H,17,18)(H,13,15,16)/b5-4+. The van der Waals surface area contributed by atoms with Gasteiger partial charge in [0, 0.05) is 11.8 Å². The lowest BCUT2D eigenvalue weighted by Crippen LogP contribution is -2.12. The van der Waals surface area contributed by atoms with Gasteiger partial charge >= 0.3 is 5.97 Å². The van der Waals surface area contributed by atoms with Crippen LogP contribution in [0.3, 0.4) is 0 Å². The number of aliphatic carboxylic acids is 1. The number of carboxylic acids is 1. The van der Waals surface area contributed by atoms with Gasteiger partial charge < -0.3 is 10.4 Å². The minimum atomic E-state index is -1.03. The molecule has 0 bridgehead atoms. The molecule has 7 heteroatoms. The average molecular weight is 258 g/mol. The number of aromatic amines is 1. The van der Waals surface area contributed by atoms with E-state index in [1.165, 1.54) is 12.3 Å². The number of nitrogens with one attached hydrogen (secondary N) is 2. The van der Waals surface area contributed by atoms with Gasteiger partial charge in [0.2, 0.25) is 0 Å². The molecule has 2 rings (SSSR count). The molecule has 1 amide bonds. The van der Waals surface area contributed by atoms with Gasteiger partial charge in [-0.25, -0.2) is 4.79 Å². The summed E-state index contributed by atoms with van der Waals surface area (Å²) < 4.78 is 0. The van der Waals surface area contributed by atoms with Crippen LogP contribution in [0.1, 0.15) is 16.1 Å². The number of rotatable bonds is 4. The third-order valence-electron chi connectivity index (χ3n) is 2.21. The molecule has 7 nitrogen and oxygen atoms in total. The van der Waals surface area contributed by atoms with Gasteiger partial charge in [-0.05, 0) is 23.8 Å². The molecule has 3 N–H and O–H groups in total. The fourth-order valence-electron chi connectivity index (χ4n) is 1.39. The molecule has 0 aliphatic heterocycles. The monoisotopic (exact) mass is 258 g/mol. The van der Waals surface area contributed by atoms with E-state index in [1.54, 1.807) is 24.3 Å². The van der Waals surface area contributed by atoms with E-state index in [-0.39, 0.29) is 5.69 Å². The van der Waals surface area contributed by atoms with E-state index in [2.05, 4.69) is 20.7 Å². The molecule has 0 radical (unpaired) electrons. The highest BCUT2D eigenvalue weighted by Gasteiger charge is 2.08. The van der Waals surface area contributed by atoms with Gasteiger partial charge in [0.05, 0.1) is 6.20 Å². The molecule has 2 aromatic rings. The Bertz CT molecular complexity index is 620. The lowest BCUT2D eigenvalue weighted by Gasteiger charge is -2.03. The Balaban J connectivity index is 2.11. The molecule has 0 saturated heterocycles. The number of aromatic nitrogens is 3. The fraction of sp³-hybridized carbons (Fsp3) is 0. The van der Waals surface area contributed by atoms with Crippen molar-refractivity contribution in [1.29, 1.82) is 0 Å². The molecule has 1 heterocycles.